The van der Waals surface area contributed by atoms with Crippen LogP contribution in [0.5, 0.6) is 0 Å². The maximum Gasteiger partial charge on any atom is 0.416 e. The molecule has 1 saturated heterocycles. The van der Waals surface area contributed by atoms with Crippen molar-refractivity contribution >= 4 is 42.1 Å². The van der Waals surface area contributed by atoms with Crippen molar-refractivity contribution in [2.75, 3.05) is 23.3 Å². The van der Waals surface area contributed by atoms with Gasteiger partial charge in [-0.2, -0.15) is 13.2 Å². The number of nitrogens with one attached hydrogen (secondary N) is 1. The number of hydrogen-bond acceptors (Lipinski definition) is 4. The fourth-order valence-electron chi connectivity index (χ4n) is 3.02. The van der Waals surface area contributed by atoms with E-state index in [1.165, 1.54) is 18.4 Å². The van der Waals surface area contributed by atoms with Crippen LogP contribution in [-0.4, -0.2) is 19.0 Å². The fraction of sp³-hybridized carbons (Fsp3) is 0.389. The van der Waals surface area contributed by atoms with Crippen LogP contribution >= 0.6 is 24.8 Å². The summed E-state index contributed by atoms with van der Waals surface area (Å²) in [4.78, 5) is 14.4. The molecule has 0 bridgehead atoms. The molecule has 5 nitrogen and oxygen atoms in total. The molecule has 0 spiro atoms. The first kappa shape index (κ1) is 24.1. The summed E-state index contributed by atoms with van der Waals surface area (Å²) in [6.07, 6.45) is -0.213. The predicted molar refractivity (Wildman–Crippen MR) is 107 cm³/mol. The SMILES string of the molecule is Cl.Cl.NCc1cc(C(=O)Nc2cc(C(F)(F)F)ccc2N2CCCCC2)co1. The normalized spacial score (nSPS) is 14.1. The molecular formula is C18H22Cl2F3N3O2. The Morgan fingerprint density at radius 3 is 2.39 bits per heavy atom. The summed E-state index contributed by atoms with van der Waals surface area (Å²) in [6, 6.07) is 4.92. The predicted octanol–water partition coefficient (Wildman–Crippen LogP) is 4.84. The van der Waals surface area contributed by atoms with E-state index in [0.29, 0.717) is 11.4 Å². The molecule has 0 unspecified atom stereocenters. The fourth-order valence-corrected chi connectivity index (χ4v) is 3.02. The maximum atomic E-state index is 13.1. The zero-order valence-corrected chi connectivity index (χ0v) is 16.6. The molecule has 1 amide bonds. The Morgan fingerprint density at radius 1 is 1.14 bits per heavy atom. The highest BCUT2D eigenvalue weighted by Crippen LogP contribution is 2.36. The van der Waals surface area contributed by atoms with Gasteiger partial charge in [0.25, 0.3) is 5.91 Å². The zero-order chi connectivity index (χ0) is 18.7. The van der Waals surface area contributed by atoms with E-state index in [1.807, 2.05) is 4.90 Å². The molecule has 2 heterocycles. The molecule has 28 heavy (non-hydrogen) atoms. The third-order valence-corrected chi connectivity index (χ3v) is 4.39. The summed E-state index contributed by atoms with van der Waals surface area (Å²) in [5.74, 6) is -0.110. The summed E-state index contributed by atoms with van der Waals surface area (Å²) in [5.41, 5.74) is 5.59. The molecule has 1 fully saturated rings. The lowest BCUT2D eigenvalue weighted by molar-refractivity contribution is -0.137. The van der Waals surface area contributed by atoms with E-state index in [1.54, 1.807) is 0 Å². The van der Waals surface area contributed by atoms with Crippen LogP contribution in [-0.2, 0) is 12.7 Å². The molecule has 1 aliphatic heterocycles. The van der Waals surface area contributed by atoms with Crippen LogP contribution < -0.4 is 16.0 Å². The number of furan rings is 1. The number of halogens is 5. The molecule has 1 aromatic carbocycles. The quantitative estimate of drug-likeness (QED) is 0.714. The first-order valence-corrected chi connectivity index (χ1v) is 8.43. The average Bonchev–Trinajstić information content (AvgIpc) is 3.11. The smallest absolute Gasteiger partial charge is 0.416 e. The molecule has 3 N–H and O–H groups in total. The molecule has 3 rings (SSSR count). The van der Waals surface area contributed by atoms with E-state index >= 15 is 0 Å². The summed E-state index contributed by atoms with van der Waals surface area (Å²) in [6.45, 7) is 1.63. The van der Waals surface area contributed by atoms with Crippen molar-refractivity contribution in [3.63, 3.8) is 0 Å². The van der Waals surface area contributed by atoms with Crippen LogP contribution in [0.1, 0.15) is 40.9 Å². The van der Waals surface area contributed by atoms with Gasteiger partial charge in [-0.15, -0.1) is 24.8 Å². The number of anilines is 2. The summed E-state index contributed by atoms with van der Waals surface area (Å²) in [7, 11) is 0. The van der Waals surface area contributed by atoms with E-state index in [9.17, 15) is 18.0 Å². The third kappa shape index (κ3) is 5.56. The second-order valence-corrected chi connectivity index (χ2v) is 6.24. The van der Waals surface area contributed by atoms with Gasteiger partial charge in [-0.1, -0.05) is 0 Å². The number of hydrogen-bond donors (Lipinski definition) is 2. The molecular weight excluding hydrogens is 418 g/mol. The van der Waals surface area contributed by atoms with Gasteiger partial charge in [-0.3, -0.25) is 4.79 Å². The number of alkyl halides is 3. The van der Waals surface area contributed by atoms with Crippen molar-refractivity contribution in [3.05, 3.63) is 47.4 Å². The molecule has 0 aliphatic carbocycles. The topological polar surface area (TPSA) is 71.5 Å². The summed E-state index contributed by atoms with van der Waals surface area (Å²) in [5, 5.41) is 2.59. The largest absolute Gasteiger partial charge is 0.467 e. The molecule has 1 aromatic heterocycles. The van der Waals surface area contributed by atoms with Crippen molar-refractivity contribution in [3.8, 4) is 0 Å². The number of amides is 1. The minimum absolute atomic E-state index is 0. The Morgan fingerprint density at radius 2 is 1.82 bits per heavy atom. The van der Waals surface area contributed by atoms with Crippen LogP contribution in [0.15, 0.2) is 34.9 Å². The van der Waals surface area contributed by atoms with Crippen LogP contribution in [0.4, 0.5) is 24.5 Å². The summed E-state index contributed by atoms with van der Waals surface area (Å²) < 4.78 is 44.4. The second-order valence-electron chi connectivity index (χ2n) is 6.24. The van der Waals surface area contributed by atoms with Crippen LogP contribution in [0.2, 0.25) is 0 Å². The Labute approximate surface area is 173 Å². The number of rotatable bonds is 4. The van der Waals surface area contributed by atoms with Gasteiger partial charge >= 0.3 is 6.18 Å². The second kappa shape index (κ2) is 10.0. The van der Waals surface area contributed by atoms with Crippen molar-refractivity contribution < 1.29 is 22.4 Å². The minimum atomic E-state index is -4.48. The van der Waals surface area contributed by atoms with Crippen molar-refractivity contribution in [1.82, 2.24) is 0 Å². The molecule has 156 valence electrons. The number of piperidine rings is 1. The lowest BCUT2D eigenvalue weighted by Gasteiger charge is -2.31. The Kier molecular flexibility index (Phi) is 8.66. The number of carbonyl (C=O) groups is 1. The first-order chi connectivity index (χ1) is 12.4. The van der Waals surface area contributed by atoms with Gasteiger partial charge in [0.05, 0.1) is 29.0 Å². The average molecular weight is 440 g/mol. The number of carbonyl (C=O) groups excluding carboxylic acids is 1. The van der Waals surface area contributed by atoms with Crippen molar-refractivity contribution in [2.24, 2.45) is 5.73 Å². The molecule has 0 saturated carbocycles. The third-order valence-electron chi connectivity index (χ3n) is 4.39. The van der Waals surface area contributed by atoms with E-state index in [4.69, 9.17) is 10.2 Å². The van der Waals surface area contributed by atoms with Gasteiger partial charge in [0, 0.05) is 13.1 Å². The van der Waals surface area contributed by atoms with Gasteiger partial charge in [-0.05, 0) is 43.5 Å². The van der Waals surface area contributed by atoms with E-state index in [-0.39, 0.29) is 42.6 Å². The Bertz CT molecular complexity index is 791. The van der Waals surface area contributed by atoms with E-state index < -0.39 is 17.6 Å². The minimum Gasteiger partial charge on any atom is -0.467 e. The Hall–Kier alpha value is -1.90. The van der Waals surface area contributed by atoms with Gasteiger partial charge in [0.1, 0.15) is 12.0 Å². The highest BCUT2D eigenvalue weighted by molar-refractivity contribution is 6.06. The van der Waals surface area contributed by atoms with Crippen LogP contribution in [0.25, 0.3) is 0 Å². The number of nitrogens with two attached hydrogens (primary N) is 1. The highest BCUT2D eigenvalue weighted by Gasteiger charge is 2.32. The van der Waals surface area contributed by atoms with Crippen molar-refractivity contribution in [2.45, 2.75) is 32.0 Å². The molecule has 1 aliphatic rings. The lowest BCUT2D eigenvalue weighted by Crippen LogP contribution is -2.30. The lowest BCUT2D eigenvalue weighted by atomic mass is 10.1. The number of benzene rings is 1. The van der Waals surface area contributed by atoms with E-state index in [0.717, 1.165) is 44.5 Å². The number of nitrogens with zero attached hydrogens (tertiary/aromatic N) is 1. The zero-order valence-electron chi connectivity index (χ0n) is 14.9. The van der Waals surface area contributed by atoms with Crippen molar-refractivity contribution in [1.29, 1.82) is 0 Å². The maximum absolute atomic E-state index is 13.1. The molecule has 2 aromatic rings. The van der Waals surface area contributed by atoms with Gasteiger partial charge in [0.15, 0.2) is 0 Å². The van der Waals surface area contributed by atoms with Gasteiger partial charge in [0.2, 0.25) is 0 Å². The van der Waals surface area contributed by atoms with Gasteiger partial charge < -0.3 is 20.4 Å². The monoisotopic (exact) mass is 439 g/mol. The van der Waals surface area contributed by atoms with E-state index in [2.05, 4.69) is 5.32 Å². The molecule has 10 heteroatoms. The molecule has 0 radical (unpaired) electrons. The standard InChI is InChI=1S/C18H20F3N3O2.2ClH/c19-18(20,21)13-4-5-16(24-6-2-1-3-7-24)15(9-13)23-17(25)12-8-14(10-22)26-11-12;;/h4-5,8-9,11H,1-3,6-7,10,22H2,(H,23,25);2*1H. The van der Waals surface area contributed by atoms with Gasteiger partial charge in [-0.25, -0.2) is 0 Å². The van der Waals surface area contributed by atoms with Crippen LogP contribution in [0.3, 0.4) is 0 Å². The molecule has 0 atom stereocenters. The first-order valence-electron chi connectivity index (χ1n) is 8.43. The summed E-state index contributed by atoms with van der Waals surface area (Å²) >= 11 is 0. The highest BCUT2D eigenvalue weighted by atomic mass is 35.5. The Balaban J connectivity index is 0.00000196. The van der Waals surface area contributed by atoms with Crippen LogP contribution in [0, 0.1) is 0 Å².